The van der Waals surface area contributed by atoms with Crippen LogP contribution in [0.15, 0.2) is 18.6 Å². The van der Waals surface area contributed by atoms with E-state index in [2.05, 4.69) is 15.1 Å². The number of hydrogen-bond acceptors (Lipinski definition) is 6. The molecular weight excluding hydrogens is 224 g/mol. The van der Waals surface area contributed by atoms with Crippen molar-refractivity contribution in [3.05, 3.63) is 28.7 Å². The molecule has 0 bridgehead atoms. The minimum Gasteiger partial charge on any atom is -0.368 e. The van der Waals surface area contributed by atoms with Crippen molar-refractivity contribution >= 4 is 11.6 Å². The van der Waals surface area contributed by atoms with Gasteiger partial charge in [0.05, 0.1) is 11.1 Å². The Morgan fingerprint density at radius 3 is 2.88 bits per heavy atom. The predicted molar refractivity (Wildman–Crippen MR) is 60.0 cm³/mol. The lowest BCUT2D eigenvalue weighted by atomic mass is 10.2. The van der Waals surface area contributed by atoms with E-state index < -0.39 is 4.92 Å². The first-order chi connectivity index (χ1) is 8.11. The van der Waals surface area contributed by atoms with E-state index in [-0.39, 0.29) is 17.3 Å². The first kappa shape index (κ1) is 11.0. The summed E-state index contributed by atoms with van der Waals surface area (Å²) in [5, 5.41) is 14.9. The maximum absolute atomic E-state index is 10.8. The van der Waals surface area contributed by atoms with Gasteiger partial charge in [-0.3, -0.25) is 14.8 Å². The van der Waals surface area contributed by atoms with E-state index >= 15 is 0 Å². The molecule has 8 nitrogen and oxygen atoms in total. The molecule has 0 fully saturated rings. The second kappa shape index (κ2) is 4.16. The summed E-state index contributed by atoms with van der Waals surface area (Å²) in [4.78, 5) is 17.8. The summed E-state index contributed by atoms with van der Waals surface area (Å²) in [6.45, 7) is 2.59. The Hall–Kier alpha value is -2.51. The number of rotatable bonds is 3. The Bertz CT molecular complexity index is 564. The summed E-state index contributed by atoms with van der Waals surface area (Å²) < 4.78 is 1.65. The summed E-state index contributed by atoms with van der Waals surface area (Å²) in [6, 6.07) is 0. The van der Waals surface area contributed by atoms with Crippen molar-refractivity contribution in [1.29, 1.82) is 0 Å². The molecule has 17 heavy (non-hydrogen) atoms. The molecule has 2 heterocycles. The summed E-state index contributed by atoms with van der Waals surface area (Å²) in [6.07, 6.45) is 4.29. The molecule has 0 aliphatic rings. The predicted octanol–water partition coefficient (Wildman–Crippen LogP) is 0.850. The van der Waals surface area contributed by atoms with Crippen LogP contribution in [-0.2, 0) is 6.54 Å². The molecule has 0 radical (unpaired) electrons. The summed E-state index contributed by atoms with van der Waals surface area (Å²) in [5.74, 6) is -0.00477. The first-order valence-electron chi connectivity index (χ1n) is 4.91. The molecule has 0 saturated carbocycles. The number of aromatic nitrogens is 4. The quantitative estimate of drug-likeness (QED) is 0.622. The van der Waals surface area contributed by atoms with Crippen LogP contribution >= 0.6 is 0 Å². The number of nitrogens with zero attached hydrogens (tertiary/aromatic N) is 5. The molecule has 0 atom stereocenters. The number of hydrogen-bond donors (Lipinski definition) is 1. The summed E-state index contributed by atoms with van der Waals surface area (Å²) in [7, 11) is 0. The van der Waals surface area contributed by atoms with E-state index in [1.54, 1.807) is 10.9 Å². The van der Waals surface area contributed by atoms with Crippen molar-refractivity contribution in [2.75, 3.05) is 5.73 Å². The van der Waals surface area contributed by atoms with Crippen molar-refractivity contribution in [2.45, 2.75) is 13.5 Å². The van der Waals surface area contributed by atoms with Crippen LogP contribution in [0.1, 0.15) is 6.92 Å². The van der Waals surface area contributed by atoms with Gasteiger partial charge in [0.2, 0.25) is 5.95 Å². The Morgan fingerprint density at radius 1 is 1.53 bits per heavy atom. The first-order valence-corrected chi connectivity index (χ1v) is 4.91. The number of nitrogens with two attached hydrogens (primary N) is 1. The fourth-order valence-corrected chi connectivity index (χ4v) is 1.39. The van der Waals surface area contributed by atoms with Gasteiger partial charge < -0.3 is 5.73 Å². The minimum atomic E-state index is -0.544. The number of aryl methyl sites for hydroxylation is 1. The normalized spacial score (nSPS) is 10.4. The molecule has 0 aromatic carbocycles. The van der Waals surface area contributed by atoms with Gasteiger partial charge in [0, 0.05) is 18.3 Å². The van der Waals surface area contributed by atoms with Crippen LogP contribution < -0.4 is 5.73 Å². The molecule has 0 amide bonds. The van der Waals surface area contributed by atoms with Gasteiger partial charge in [0.15, 0.2) is 5.69 Å². The summed E-state index contributed by atoms with van der Waals surface area (Å²) >= 11 is 0. The molecule has 2 aromatic heterocycles. The smallest absolute Gasteiger partial charge is 0.313 e. The van der Waals surface area contributed by atoms with E-state index in [9.17, 15) is 10.1 Å². The minimum absolute atomic E-state index is 0.00477. The van der Waals surface area contributed by atoms with Crippen molar-refractivity contribution in [3.8, 4) is 11.3 Å². The fraction of sp³-hybridized carbons (Fsp3) is 0.222. The molecular formula is C9H10N6O2. The van der Waals surface area contributed by atoms with Gasteiger partial charge in [0.25, 0.3) is 0 Å². The van der Waals surface area contributed by atoms with Crippen LogP contribution in [0.2, 0.25) is 0 Å². The molecule has 2 aromatic rings. The Labute approximate surface area is 96.3 Å². The zero-order chi connectivity index (χ0) is 12.4. The van der Waals surface area contributed by atoms with Crippen molar-refractivity contribution in [1.82, 2.24) is 19.7 Å². The highest BCUT2D eigenvalue weighted by atomic mass is 16.6. The maximum Gasteiger partial charge on any atom is 0.313 e. The zero-order valence-corrected chi connectivity index (χ0v) is 9.07. The third-order valence-corrected chi connectivity index (χ3v) is 2.22. The number of anilines is 1. The fourth-order valence-electron chi connectivity index (χ4n) is 1.39. The maximum atomic E-state index is 10.8. The third kappa shape index (κ3) is 2.05. The molecule has 0 aliphatic heterocycles. The van der Waals surface area contributed by atoms with E-state index in [0.717, 1.165) is 6.20 Å². The summed E-state index contributed by atoms with van der Waals surface area (Å²) in [5.41, 5.74) is 5.98. The molecule has 0 aliphatic carbocycles. The van der Waals surface area contributed by atoms with Crippen LogP contribution in [0.25, 0.3) is 11.3 Å². The standard InChI is InChI=1S/C9H10N6O2/c1-2-14-5-6(3-12-14)8-7(15(16)17)4-11-9(10)13-8/h3-5H,2H2,1H3,(H2,10,11,13). The van der Waals surface area contributed by atoms with Gasteiger partial charge in [-0.05, 0) is 6.92 Å². The average Bonchev–Trinajstić information content (AvgIpc) is 2.76. The van der Waals surface area contributed by atoms with Crippen LogP contribution in [-0.4, -0.2) is 24.7 Å². The Morgan fingerprint density at radius 2 is 2.29 bits per heavy atom. The SMILES string of the molecule is CCn1cc(-c2nc(N)ncc2[N+](=O)[O-])cn1. The van der Waals surface area contributed by atoms with Gasteiger partial charge in [0.1, 0.15) is 6.20 Å². The largest absolute Gasteiger partial charge is 0.368 e. The molecule has 8 heteroatoms. The van der Waals surface area contributed by atoms with Crippen LogP contribution in [0.4, 0.5) is 11.6 Å². The second-order valence-corrected chi connectivity index (χ2v) is 3.30. The van der Waals surface area contributed by atoms with Gasteiger partial charge in [-0.25, -0.2) is 9.97 Å². The highest BCUT2D eigenvalue weighted by Gasteiger charge is 2.19. The molecule has 88 valence electrons. The van der Waals surface area contributed by atoms with Crippen molar-refractivity contribution in [3.63, 3.8) is 0 Å². The lowest BCUT2D eigenvalue weighted by molar-refractivity contribution is -0.384. The van der Waals surface area contributed by atoms with Crippen LogP contribution in [0.5, 0.6) is 0 Å². The highest BCUT2D eigenvalue weighted by molar-refractivity contribution is 5.68. The van der Waals surface area contributed by atoms with Gasteiger partial charge in [-0.1, -0.05) is 0 Å². The lowest BCUT2D eigenvalue weighted by Gasteiger charge is -1.99. The van der Waals surface area contributed by atoms with E-state index in [1.807, 2.05) is 6.92 Å². The molecule has 2 rings (SSSR count). The number of nitrogen functional groups attached to an aromatic ring is 1. The molecule has 2 N–H and O–H groups in total. The lowest BCUT2D eigenvalue weighted by Crippen LogP contribution is -2.00. The van der Waals surface area contributed by atoms with Gasteiger partial charge in [-0.2, -0.15) is 5.10 Å². The Balaban J connectivity index is 2.56. The van der Waals surface area contributed by atoms with Gasteiger partial charge >= 0.3 is 5.69 Å². The topological polar surface area (TPSA) is 113 Å². The van der Waals surface area contributed by atoms with E-state index in [1.165, 1.54) is 6.20 Å². The number of nitro groups is 1. The van der Waals surface area contributed by atoms with E-state index in [4.69, 9.17) is 5.73 Å². The highest BCUT2D eigenvalue weighted by Crippen LogP contribution is 2.26. The monoisotopic (exact) mass is 234 g/mol. The Kier molecular flexibility index (Phi) is 2.69. The van der Waals surface area contributed by atoms with Gasteiger partial charge in [-0.15, -0.1) is 0 Å². The molecule has 0 saturated heterocycles. The molecule has 0 unspecified atom stereocenters. The third-order valence-electron chi connectivity index (χ3n) is 2.22. The van der Waals surface area contributed by atoms with Crippen LogP contribution in [0, 0.1) is 10.1 Å². The van der Waals surface area contributed by atoms with E-state index in [0.29, 0.717) is 12.1 Å². The zero-order valence-electron chi connectivity index (χ0n) is 9.07. The van der Waals surface area contributed by atoms with Crippen molar-refractivity contribution < 1.29 is 4.92 Å². The second-order valence-electron chi connectivity index (χ2n) is 3.30. The molecule has 0 spiro atoms. The average molecular weight is 234 g/mol. The van der Waals surface area contributed by atoms with Crippen LogP contribution in [0.3, 0.4) is 0 Å². The van der Waals surface area contributed by atoms with Crippen molar-refractivity contribution in [2.24, 2.45) is 0 Å².